The smallest absolute Gasteiger partial charge is 0.263 e. The van der Waals surface area contributed by atoms with Crippen molar-refractivity contribution in [2.45, 2.75) is 32.2 Å². The summed E-state index contributed by atoms with van der Waals surface area (Å²) in [5, 5.41) is 0.427. The Bertz CT molecular complexity index is 1240. The molecule has 0 saturated heterocycles. The number of aryl methyl sites for hydroxylation is 2. The fraction of sp³-hybridized carbons (Fsp3) is 0.333. The van der Waals surface area contributed by atoms with Gasteiger partial charge in [-0.3, -0.25) is 4.79 Å². The van der Waals surface area contributed by atoms with Crippen molar-refractivity contribution in [2.75, 3.05) is 19.0 Å². The SMILES string of the molecule is CCOCCn1c(=NC(=O)CS(=O)(=O)c2ccc(Cl)cc2)sc2cc(C)c(C)cc21. The first-order valence-corrected chi connectivity index (χ1v) is 12.3. The molecule has 3 aromatic rings. The Labute approximate surface area is 184 Å². The molecule has 160 valence electrons. The van der Waals surface area contributed by atoms with Crippen molar-refractivity contribution < 1.29 is 17.9 Å². The van der Waals surface area contributed by atoms with Gasteiger partial charge in [-0.2, -0.15) is 4.99 Å². The summed E-state index contributed by atoms with van der Waals surface area (Å²) in [5.41, 5.74) is 3.23. The lowest BCUT2D eigenvalue weighted by molar-refractivity contribution is -0.115. The predicted octanol–water partition coefficient (Wildman–Crippen LogP) is 3.91. The largest absolute Gasteiger partial charge is 0.380 e. The number of rotatable bonds is 7. The van der Waals surface area contributed by atoms with Gasteiger partial charge in [0.2, 0.25) is 0 Å². The van der Waals surface area contributed by atoms with Crippen molar-refractivity contribution in [1.82, 2.24) is 4.57 Å². The third kappa shape index (κ3) is 5.18. The van der Waals surface area contributed by atoms with Gasteiger partial charge < -0.3 is 9.30 Å². The molecule has 1 amide bonds. The van der Waals surface area contributed by atoms with E-state index in [-0.39, 0.29) is 4.90 Å². The van der Waals surface area contributed by atoms with E-state index >= 15 is 0 Å². The summed E-state index contributed by atoms with van der Waals surface area (Å²) in [6.07, 6.45) is 0. The average Bonchev–Trinajstić information content (AvgIpc) is 2.98. The molecule has 9 heteroatoms. The zero-order chi connectivity index (χ0) is 21.9. The van der Waals surface area contributed by atoms with Crippen LogP contribution in [-0.4, -0.2) is 37.9 Å². The monoisotopic (exact) mass is 466 g/mol. The Kier molecular flexibility index (Phi) is 7.13. The van der Waals surface area contributed by atoms with E-state index in [1.54, 1.807) is 0 Å². The van der Waals surface area contributed by atoms with Crippen LogP contribution in [0.1, 0.15) is 18.1 Å². The van der Waals surface area contributed by atoms with Crippen LogP contribution in [0.3, 0.4) is 0 Å². The van der Waals surface area contributed by atoms with E-state index in [4.69, 9.17) is 16.3 Å². The van der Waals surface area contributed by atoms with Gasteiger partial charge in [0, 0.05) is 18.2 Å². The molecule has 0 aliphatic heterocycles. The number of halogens is 1. The quantitative estimate of drug-likeness (QED) is 0.494. The van der Waals surface area contributed by atoms with Gasteiger partial charge in [-0.15, -0.1) is 0 Å². The molecule has 0 N–H and O–H groups in total. The zero-order valence-electron chi connectivity index (χ0n) is 17.0. The number of sulfone groups is 1. The van der Waals surface area contributed by atoms with E-state index < -0.39 is 21.5 Å². The molecule has 0 unspecified atom stereocenters. The van der Waals surface area contributed by atoms with E-state index in [0.29, 0.717) is 29.6 Å². The standard InChI is InChI=1S/C21H23ClN2O4S2/c1-4-28-10-9-24-18-11-14(2)15(3)12-19(18)29-21(24)23-20(25)13-30(26,27)17-7-5-16(22)6-8-17/h5-8,11-12H,4,9-10,13H2,1-3H3. The lowest BCUT2D eigenvalue weighted by Gasteiger charge is -2.07. The van der Waals surface area contributed by atoms with Crippen LogP contribution in [0.2, 0.25) is 5.02 Å². The summed E-state index contributed by atoms with van der Waals surface area (Å²) in [5.74, 6) is -1.41. The van der Waals surface area contributed by atoms with Crippen LogP contribution in [0, 0.1) is 13.8 Å². The maximum absolute atomic E-state index is 12.6. The molecular formula is C21H23ClN2O4S2. The summed E-state index contributed by atoms with van der Waals surface area (Å²) in [6, 6.07) is 9.85. The minimum absolute atomic E-state index is 0.0438. The number of benzene rings is 2. The van der Waals surface area contributed by atoms with Crippen molar-refractivity contribution >= 4 is 48.9 Å². The first-order valence-electron chi connectivity index (χ1n) is 9.45. The number of aromatic nitrogens is 1. The van der Waals surface area contributed by atoms with E-state index in [2.05, 4.69) is 17.1 Å². The highest BCUT2D eigenvalue weighted by Gasteiger charge is 2.19. The molecule has 0 aliphatic carbocycles. The molecule has 0 aliphatic rings. The molecule has 0 saturated carbocycles. The lowest BCUT2D eigenvalue weighted by Crippen LogP contribution is -2.22. The minimum atomic E-state index is -3.80. The number of hydrogen-bond donors (Lipinski definition) is 0. The van der Waals surface area contributed by atoms with Gasteiger partial charge in [-0.05, 0) is 68.3 Å². The molecule has 6 nitrogen and oxygen atoms in total. The van der Waals surface area contributed by atoms with Gasteiger partial charge in [0.1, 0.15) is 5.75 Å². The van der Waals surface area contributed by atoms with Crippen molar-refractivity contribution in [2.24, 2.45) is 4.99 Å². The number of amides is 1. The first-order chi connectivity index (χ1) is 14.2. The Balaban J connectivity index is 1.98. The summed E-state index contributed by atoms with van der Waals surface area (Å²) < 4.78 is 33.5. The summed E-state index contributed by atoms with van der Waals surface area (Å²) >= 11 is 7.18. The molecular weight excluding hydrogens is 444 g/mol. The van der Waals surface area contributed by atoms with Gasteiger partial charge in [0.15, 0.2) is 14.6 Å². The molecule has 1 aromatic heterocycles. The van der Waals surface area contributed by atoms with Crippen LogP contribution in [0.5, 0.6) is 0 Å². The van der Waals surface area contributed by atoms with Crippen LogP contribution in [0.4, 0.5) is 0 Å². The van der Waals surface area contributed by atoms with Gasteiger partial charge in [0.25, 0.3) is 5.91 Å². The lowest BCUT2D eigenvalue weighted by atomic mass is 10.1. The highest BCUT2D eigenvalue weighted by Crippen LogP contribution is 2.22. The molecule has 0 bridgehead atoms. The van der Waals surface area contributed by atoms with Gasteiger partial charge in [-0.25, -0.2) is 8.42 Å². The molecule has 0 spiro atoms. The van der Waals surface area contributed by atoms with Gasteiger partial charge in [-0.1, -0.05) is 22.9 Å². The van der Waals surface area contributed by atoms with Gasteiger partial charge in [0.05, 0.1) is 21.7 Å². The Morgan fingerprint density at radius 3 is 2.50 bits per heavy atom. The molecule has 3 rings (SSSR count). The first kappa shape index (κ1) is 22.7. The molecule has 1 heterocycles. The maximum atomic E-state index is 12.6. The van der Waals surface area contributed by atoms with Crippen molar-refractivity contribution in [3.63, 3.8) is 0 Å². The number of thiazole rings is 1. The number of ether oxygens (including phenoxy) is 1. The fourth-order valence-electron chi connectivity index (χ4n) is 2.95. The molecule has 30 heavy (non-hydrogen) atoms. The van der Waals surface area contributed by atoms with Crippen molar-refractivity contribution in [1.29, 1.82) is 0 Å². The fourth-order valence-corrected chi connectivity index (χ4v) is 5.34. The molecule has 0 radical (unpaired) electrons. The van der Waals surface area contributed by atoms with Crippen molar-refractivity contribution in [3.8, 4) is 0 Å². The van der Waals surface area contributed by atoms with Gasteiger partial charge >= 0.3 is 0 Å². The van der Waals surface area contributed by atoms with Crippen LogP contribution < -0.4 is 4.80 Å². The topological polar surface area (TPSA) is 77.7 Å². The highest BCUT2D eigenvalue weighted by molar-refractivity contribution is 7.92. The molecule has 2 aromatic carbocycles. The molecule has 0 atom stereocenters. The Morgan fingerprint density at radius 2 is 1.83 bits per heavy atom. The number of fused-ring (bicyclic) bond motifs is 1. The van der Waals surface area contributed by atoms with E-state index in [0.717, 1.165) is 21.3 Å². The second kappa shape index (κ2) is 9.43. The highest BCUT2D eigenvalue weighted by atomic mass is 35.5. The summed E-state index contributed by atoms with van der Waals surface area (Å²) in [6.45, 7) is 7.55. The average molecular weight is 467 g/mol. The number of nitrogens with zero attached hydrogens (tertiary/aromatic N) is 2. The second-order valence-corrected chi connectivity index (χ2v) is 10.3. The zero-order valence-corrected chi connectivity index (χ0v) is 19.4. The van der Waals surface area contributed by atoms with E-state index in [1.165, 1.54) is 35.6 Å². The summed E-state index contributed by atoms with van der Waals surface area (Å²) in [7, 11) is -3.80. The van der Waals surface area contributed by atoms with Crippen LogP contribution >= 0.6 is 22.9 Å². The minimum Gasteiger partial charge on any atom is -0.380 e. The molecule has 0 fully saturated rings. The van der Waals surface area contributed by atoms with E-state index in [1.807, 2.05) is 25.3 Å². The Morgan fingerprint density at radius 1 is 1.17 bits per heavy atom. The van der Waals surface area contributed by atoms with Crippen molar-refractivity contribution in [3.05, 3.63) is 57.3 Å². The third-order valence-electron chi connectivity index (χ3n) is 4.67. The third-order valence-corrected chi connectivity index (χ3v) is 7.58. The Hall–Kier alpha value is -2.00. The number of carbonyl (C=O) groups excluding carboxylic acids is 1. The second-order valence-electron chi connectivity index (χ2n) is 6.86. The number of hydrogen-bond acceptors (Lipinski definition) is 5. The summed E-state index contributed by atoms with van der Waals surface area (Å²) in [4.78, 5) is 17.2. The normalized spacial score (nSPS) is 12.6. The van der Waals surface area contributed by atoms with E-state index in [9.17, 15) is 13.2 Å². The van der Waals surface area contributed by atoms with Crippen LogP contribution in [0.15, 0.2) is 46.3 Å². The van der Waals surface area contributed by atoms with Crippen LogP contribution in [0.25, 0.3) is 10.2 Å². The predicted molar refractivity (Wildman–Crippen MR) is 120 cm³/mol. The van der Waals surface area contributed by atoms with Crippen LogP contribution in [-0.2, 0) is 25.9 Å². The number of carbonyl (C=O) groups is 1. The maximum Gasteiger partial charge on any atom is 0.263 e.